The molecule has 2 N–H and O–H groups in total. The minimum atomic E-state index is -1.14. The summed E-state index contributed by atoms with van der Waals surface area (Å²) in [6.07, 6.45) is -0.703. The monoisotopic (exact) mass is 145 g/mol. The van der Waals surface area contributed by atoms with Gasteiger partial charge in [-0.3, -0.25) is 4.90 Å². The van der Waals surface area contributed by atoms with Crippen LogP contribution in [-0.2, 0) is 0 Å². The molecule has 0 aliphatic carbocycles. The van der Waals surface area contributed by atoms with Crippen molar-refractivity contribution in [3.8, 4) is 0 Å². The van der Waals surface area contributed by atoms with Crippen LogP contribution in [-0.4, -0.2) is 34.0 Å². The summed E-state index contributed by atoms with van der Waals surface area (Å²) >= 11 is 0. The smallest absolute Gasteiger partial charge is 0.409 e. The molecule has 1 amide bonds. The maximum atomic E-state index is 10.2. The lowest BCUT2D eigenvalue weighted by molar-refractivity contribution is 0.0320. The van der Waals surface area contributed by atoms with Crippen LogP contribution < -0.4 is 0 Å². The number of hydrogen-bond donors (Lipinski definition) is 2. The highest BCUT2D eigenvalue weighted by Crippen LogP contribution is 1.94. The Morgan fingerprint density at radius 2 is 2.40 bits per heavy atom. The van der Waals surface area contributed by atoms with E-state index in [0.717, 1.165) is 4.90 Å². The lowest BCUT2D eigenvalue weighted by Gasteiger charge is -2.19. The average Bonchev–Trinajstić information content (AvgIpc) is 1.81. The zero-order valence-corrected chi connectivity index (χ0v) is 5.82. The van der Waals surface area contributed by atoms with E-state index in [1.807, 2.05) is 0 Å². The lowest BCUT2D eigenvalue weighted by atomic mass is 10.5. The standard InChI is InChI=1S/C6H11NO3/c1-3-4-7(5(2)8)6(9)10/h3,5,8H,1,4H2,2H3,(H,9,10). The number of carboxylic acid groups (broad SMARTS) is 1. The molecule has 4 heteroatoms. The fourth-order valence-corrected chi connectivity index (χ4v) is 0.530. The second kappa shape index (κ2) is 3.90. The van der Waals surface area contributed by atoms with Gasteiger partial charge in [0.25, 0.3) is 0 Å². The van der Waals surface area contributed by atoms with E-state index in [9.17, 15) is 4.79 Å². The number of nitrogens with zero attached hydrogens (tertiary/aromatic N) is 1. The van der Waals surface area contributed by atoms with E-state index in [1.54, 1.807) is 0 Å². The van der Waals surface area contributed by atoms with E-state index in [1.165, 1.54) is 13.0 Å². The summed E-state index contributed by atoms with van der Waals surface area (Å²) in [4.78, 5) is 11.1. The predicted molar refractivity (Wildman–Crippen MR) is 36.6 cm³/mol. The SMILES string of the molecule is C=CCN(C(=O)O)C(C)O. The van der Waals surface area contributed by atoms with Gasteiger partial charge in [-0.15, -0.1) is 6.58 Å². The highest BCUT2D eigenvalue weighted by atomic mass is 16.4. The quantitative estimate of drug-likeness (QED) is 0.449. The van der Waals surface area contributed by atoms with Crippen LogP contribution in [0.2, 0.25) is 0 Å². The van der Waals surface area contributed by atoms with Crippen LogP contribution in [0.3, 0.4) is 0 Å². The third-order valence-electron chi connectivity index (χ3n) is 1.02. The lowest BCUT2D eigenvalue weighted by Crippen LogP contribution is -2.37. The van der Waals surface area contributed by atoms with Crippen molar-refractivity contribution in [3.05, 3.63) is 12.7 Å². The van der Waals surface area contributed by atoms with Gasteiger partial charge in [0.15, 0.2) is 0 Å². The highest BCUT2D eigenvalue weighted by molar-refractivity contribution is 5.65. The molecule has 58 valence electrons. The minimum Gasteiger partial charge on any atom is -0.465 e. The van der Waals surface area contributed by atoms with E-state index in [4.69, 9.17) is 10.2 Å². The first-order valence-corrected chi connectivity index (χ1v) is 2.88. The molecule has 0 radical (unpaired) electrons. The van der Waals surface area contributed by atoms with Gasteiger partial charge < -0.3 is 10.2 Å². The predicted octanol–water partition coefficient (Wildman–Crippen LogP) is 0.491. The summed E-state index contributed by atoms with van der Waals surface area (Å²) in [7, 11) is 0. The third kappa shape index (κ3) is 2.50. The molecular formula is C6H11NO3. The van der Waals surface area contributed by atoms with Crippen molar-refractivity contribution in [2.24, 2.45) is 0 Å². The Bertz CT molecular complexity index is 133. The van der Waals surface area contributed by atoms with Gasteiger partial charge in [0.05, 0.1) is 0 Å². The maximum absolute atomic E-state index is 10.2. The van der Waals surface area contributed by atoms with Crippen LogP contribution >= 0.6 is 0 Å². The number of rotatable bonds is 3. The van der Waals surface area contributed by atoms with Gasteiger partial charge in [-0.1, -0.05) is 6.08 Å². The number of hydrogen-bond acceptors (Lipinski definition) is 2. The topological polar surface area (TPSA) is 60.8 Å². The number of carbonyl (C=O) groups is 1. The maximum Gasteiger partial charge on any atom is 0.409 e. The first kappa shape index (κ1) is 8.97. The van der Waals surface area contributed by atoms with Crippen molar-refractivity contribution in [3.63, 3.8) is 0 Å². The molecular weight excluding hydrogens is 134 g/mol. The Morgan fingerprint density at radius 3 is 2.50 bits per heavy atom. The Morgan fingerprint density at radius 1 is 1.90 bits per heavy atom. The highest BCUT2D eigenvalue weighted by Gasteiger charge is 2.13. The van der Waals surface area contributed by atoms with Gasteiger partial charge in [0.2, 0.25) is 0 Å². The Kier molecular flexibility index (Phi) is 3.49. The fourth-order valence-electron chi connectivity index (χ4n) is 0.530. The molecule has 0 aliphatic heterocycles. The van der Waals surface area contributed by atoms with Crippen molar-refractivity contribution in [1.82, 2.24) is 4.90 Å². The molecule has 0 aromatic heterocycles. The van der Waals surface area contributed by atoms with Crippen LogP contribution in [0.15, 0.2) is 12.7 Å². The molecule has 0 aromatic carbocycles. The molecule has 0 spiro atoms. The molecule has 10 heavy (non-hydrogen) atoms. The van der Waals surface area contributed by atoms with Crippen LogP contribution in [0.5, 0.6) is 0 Å². The van der Waals surface area contributed by atoms with E-state index in [0.29, 0.717) is 0 Å². The number of aliphatic hydroxyl groups is 1. The summed E-state index contributed by atoms with van der Waals surface area (Å²) in [5, 5.41) is 17.2. The number of amides is 1. The summed E-state index contributed by atoms with van der Waals surface area (Å²) in [6.45, 7) is 4.88. The molecule has 0 aromatic rings. The zero-order valence-electron chi connectivity index (χ0n) is 5.82. The molecule has 1 atom stereocenters. The largest absolute Gasteiger partial charge is 0.465 e. The minimum absolute atomic E-state index is 0.146. The van der Waals surface area contributed by atoms with Gasteiger partial charge in [-0.2, -0.15) is 0 Å². The van der Waals surface area contributed by atoms with E-state index in [2.05, 4.69) is 6.58 Å². The zero-order chi connectivity index (χ0) is 8.15. The van der Waals surface area contributed by atoms with E-state index in [-0.39, 0.29) is 6.54 Å². The van der Waals surface area contributed by atoms with Crippen molar-refractivity contribution in [2.75, 3.05) is 6.54 Å². The fraction of sp³-hybridized carbons (Fsp3) is 0.500. The van der Waals surface area contributed by atoms with Crippen LogP contribution in [0, 0.1) is 0 Å². The Hall–Kier alpha value is -1.03. The van der Waals surface area contributed by atoms with Gasteiger partial charge in [0, 0.05) is 6.54 Å². The van der Waals surface area contributed by atoms with Crippen LogP contribution in [0.25, 0.3) is 0 Å². The average molecular weight is 145 g/mol. The van der Waals surface area contributed by atoms with Crippen molar-refractivity contribution in [1.29, 1.82) is 0 Å². The second-order valence-corrected chi connectivity index (χ2v) is 1.86. The molecule has 4 nitrogen and oxygen atoms in total. The third-order valence-corrected chi connectivity index (χ3v) is 1.02. The molecule has 0 bridgehead atoms. The van der Waals surface area contributed by atoms with Crippen LogP contribution in [0.4, 0.5) is 4.79 Å². The molecule has 0 fully saturated rings. The van der Waals surface area contributed by atoms with Gasteiger partial charge in [0.1, 0.15) is 6.23 Å². The van der Waals surface area contributed by atoms with Crippen LogP contribution in [0.1, 0.15) is 6.92 Å². The Labute approximate surface area is 59.4 Å². The van der Waals surface area contributed by atoms with Gasteiger partial charge in [-0.05, 0) is 6.92 Å². The number of aliphatic hydroxyl groups excluding tert-OH is 1. The first-order chi connectivity index (χ1) is 4.59. The summed E-state index contributed by atoms with van der Waals surface area (Å²) < 4.78 is 0. The van der Waals surface area contributed by atoms with Crippen molar-refractivity contribution >= 4 is 6.09 Å². The molecule has 0 saturated carbocycles. The van der Waals surface area contributed by atoms with Gasteiger partial charge in [-0.25, -0.2) is 4.79 Å². The molecule has 0 rings (SSSR count). The molecule has 1 unspecified atom stereocenters. The van der Waals surface area contributed by atoms with Crippen molar-refractivity contribution < 1.29 is 15.0 Å². The Balaban J connectivity index is 3.97. The van der Waals surface area contributed by atoms with E-state index >= 15 is 0 Å². The molecule has 0 aliphatic rings. The summed E-state index contributed by atoms with van der Waals surface area (Å²) in [6, 6.07) is 0. The van der Waals surface area contributed by atoms with Gasteiger partial charge >= 0.3 is 6.09 Å². The second-order valence-electron chi connectivity index (χ2n) is 1.86. The summed E-state index contributed by atoms with van der Waals surface area (Å²) in [5.41, 5.74) is 0. The first-order valence-electron chi connectivity index (χ1n) is 2.88. The molecule has 0 saturated heterocycles. The molecule has 0 heterocycles. The van der Waals surface area contributed by atoms with Crippen molar-refractivity contribution in [2.45, 2.75) is 13.2 Å². The summed E-state index contributed by atoms with van der Waals surface area (Å²) in [5.74, 6) is 0. The van der Waals surface area contributed by atoms with E-state index < -0.39 is 12.3 Å². The normalized spacial score (nSPS) is 12.2.